The Morgan fingerprint density at radius 3 is 1.09 bits per heavy atom. The summed E-state index contributed by atoms with van der Waals surface area (Å²) < 4.78 is 349. The first-order valence-corrected chi connectivity index (χ1v) is 23.7. The van der Waals surface area contributed by atoms with Gasteiger partial charge >= 0.3 is 55.3 Å². The summed E-state index contributed by atoms with van der Waals surface area (Å²) in [6.07, 6.45) is -53.0. The Hall–Kier alpha value is -8.89. The van der Waals surface area contributed by atoms with E-state index in [0.29, 0.717) is 22.9 Å². The highest BCUT2D eigenvalue weighted by molar-refractivity contribution is 7.20. The summed E-state index contributed by atoms with van der Waals surface area (Å²) in [5.41, 5.74) is -20.4. The van der Waals surface area contributed by atoms with Gasteiger partial charge in [-0.15, -0.1) is 0 Å². The fraction of sp³-hybridized carbons (Fsp3) is 0.164. The lowest BCUT2D eigenvalue weighted by atomic mass is 9.12. The molecule has 0 spiro atoms. The lowest BCUT2D eigenvalue weighted by Gasteiger charge is -2.46. The van der Waals surface area contributed by atoms with Crippen molar-refractivity contribution < 1.29 is 119 Å². The zero-order valence-corrected chi connectivity index (χ0v) is 42.0. The summed E-state index contributed by atoms with van der Waals surface area (Å²) in [5, 5.41) is 5.50. The second kappa shape index (κ2) is 23.2. The van der Waals surface area contributed by atoms with Gasteiger partial charge in [0, 0.05) is 22.2 Å². The molecule has 0 saturated heterocycles. The van der Waals surface area contributed by atoms with Gasteiger partial charge in [-0.1, -0.05) is 114 Å². The number of fused-ring (bicyclic) bond motifs is 1. The van der Waals surface area contributed by atoms with Crippen LogP contribution in [0.15, 0.2) is 169 Å². The molecule has 6 nitrogen and oxygen atoms in total. The van der Waals surface area contributed by atoms with Gasteiger partial charge in [0.1, 0.15) is 11.9 Å². The molecule has 86 heavy (non-hydrogen) atoms. The third kappa shape index (κ3) is 14.6. The second-order valence-corrected chi connectivity index (χ2v) is 18.6. The second-order valence-electron chi connectivity index (χ2n) is 18.6. The fourth-order valence-electron chi connectivity index (χ4n) is 9.18. The molecule has 0 saturated carbocycles. The lowest BCUT2D eigenvalue weighted by Crippen LogP contribution is -2.75. The number of pyridine rings is 1. The maximum absolute atomic E-state index is 14.2. The third-order valence-electron chi connectivity index (χ3n) is 12.9. The Morgan fingerprint density at radius 2 is 0.756 bits per heavy atom. The van der Waals surface area contributed by atoms with E-state index in [-0.39, 0.29) is 12.3 Å². The Labute approximate surface area is 466 Å². The van der Waals surface area contributed by atoms with Crippen LogP contribution in [0, 0.1) is 0 Å². The maximum Gasteiger partial charge on any atom is 0.416 e. The van der Waals surface area contributed by atoms with Crippen molar-refractivity contribution in [3.8, 4) is 11.6 Å². The van der Waals surface area contributed by atoms with E-state index in [0.717, 1.165) is 10.8 Å². The Balaban J connectivity index is 0.000000302. The molecule has 0 fully saturated rings. The normalized spacial score (nSPS) is 13.0. The summed E-state index contributed by atoms with van der Waals surface area (Å²) in [5.74, 6) is 1.05. The first-order valence-electron chi connectivity index (χ1n) is 23.7. The topological polar surface area (TPSA) is 78.9 Å². The molecule has 0 N–H and O–H groups in total. The Morgan fingerprint density at radius 1 is 0.419 bits per heavy atom. The van der Waals surface area contributed by atoms with Crippen molar-refractivity contribution in [2.24, 2.45) is 5.11 Å². The van der Waals surface area contributed by atoms with Crippen molar-refractivity contribution >= 4 is 50.2 Å². The van der Waals surface area contributed by atoms with Crippen molar-refractivity contribution in [3.05, 3.63) is 224 Å². The number of aromatic nitrogens is 1. The number of hydrogen-bond acceptors (Lipinski definition) is 3. The quantitative estimate of drug-likeness (QED) is 0.0260. The number of rotatable bonds is 10. The number of halogens is 24. The van der Waals surface area contributed by atoms with Gasteiger partial charge in [0.05, 0.1) is 49.9 Å². The molecule has 1 heterocycles. The molecular formula is C55H29BF24N4O2. The van der Waals surface area contributed by atoms with Gasteiger partial charge in [-0.3, -0.25) is 4.79 Å². The molecule has 1 aromatic heterocycles. The van der Waals surface area contributed by atoms with Gasteiger partial charge < -0.3 is 4.74 Å². The monoisotopic (exact) mass is 1240 g/mol. The Kier molecular flexibility index (Phi) is 17.4. The van der Waals surface area contributed by atoms with Gasteiger partial charge in [0.25, 0.3) is 0 Å². The molecule has 8 rings (SSSR count). The van der Waals surface area contributed by atoms with Crippen LogP contribution in [0.5, 0.6) is 11.6 Å². The molecule has 0 atom stereocenters. The molecule has 0 bridgehead atoms. The number of benzene rings is 7. The molecule has 0 aliphatic heterocycles. The van der Waals surface area contributed by atoms with Gasteiger partial charge in [0.2, 0.25) is 12.3 Å². The van der Waals surface area contributed by atoms with Crippen LogP contribution in [0.2, 0.25) is 0 Å². The largest absolute Gasteiger partial charge is 0.416 e. The standard InChI is InChI=1S/C32H12BF24.C23H17N4O2/c34-25(35,36)13-1-14(26(37,38)39)6-21(5-13)33(22-7-15(27(40,41)42)2-16(8-22)28(43,44)45,23-9-17(29(46,47)48)3-18(10-23)30(49,50)51)24-11-19(31(52,53)54)4-20(12-24)32(55,56)57;24-26-25-19-10-6-11-20(15-19)29-23-21-12-5-4-7-17(21)13-14-27(23)16-22(28)18-8-2-1-3-9-18/h1-12H;1-15H,16H2/q-1;+1. The van der Waals surface area contributed by atoms with E-state index in [2.05, 4.69) is 10.0 Å². The highest BCUT2D eigenvalue weighted by Gasteiger charge is 2.47. The van der Waals surface area contributed by atoms with Gasteiger partial charge in [0.15, 0.2) is 6.20 Å². The van der Waals surface area contributed by atoms with Crippen molar-refractivity contribution in [1.82, 2.24) is 0 Å². The van der Waals surface area contributed by atoms with Crippen LogP contribution in [0.25, 0.3) is 21.2 Å². The number of ketones is 1. The van der Waals surface area contributed by atoms with Gasteiger partial charge in [-0.2, -0.15) is 132 Å². The van der Waals surface area contributed by atoms with Crippen molar-refractivity contribution in [2.45, 2.75) is 56.0 Å². The fourth-order valence-corrected chi connectivity index (χ4v) is 9.18. The van der Waals surface area contributed by atoms with Crippen LogP contribution in [0.4, 0.5) is 111 Å². The highest BCUT2D eigenvalue weighted by Crippen LogP contribution is 2.42. The van der Waals surface area contributed by atoms with E-state index >= 15 is 0 Å². The van der Waals surface area contributed by atoms with E-state index in [1.54, 1.807) is 41.0 Å². The molecule has 0 amide bonds. The molecule has 31 heteroatoms. The first-order chi connectivity index (χ1) is 39.5. The summed E-state index contributed by atoms with van der Waals surface area (Å²) >= 11 is 0. The van der Waals surface area contributed by atoms with E-state index < -0.39 is 195 Å². The molecule has 0 unspecified atom stereocenters. The van der Waals surface area contributed by atoms with E-state index in [9.17, 15) is 110 Å². The number of azide groups is 1. The van der Waals surface area contributed by atoms with E-state index in [1.165, 1.54) is 0 Å². The van der Waals surface area contributed by atoms with Crippen LogP contribution >= 0.6 is 0 Å². The molecular weight excluding hydrogens is 1220 g/mol. The number of ether oxygens (including phenoxy) is 1. The number of nitrogens with zero attached hydrogens (tertiary/aromatic N) is 4. The zero-order chi connectivity index (χ0) is 64.0. The summed E-state index contributed by atoms with van der Waals surface area (Å²) in [4.78, 5) is 15.6. The summed E-state index contributed by atoms with van der Waals surface area (Å²) in [7, 11) is 0. The van der Waals surface area contributed by atoms with Crippen molar-refractivity contribution in [2.75, 3.05) is 0 Å². The summed E-state index contributed by atoms with van der Waals surface area (Å²) in [6, 6.07) is 17.0. The number of Topliss-reactive ketones (excluding diaryl/α,β-unsaturated/α-hetero) is 1. The smallest absolute Gasteiger partial charge is 0.405 e. The van der Waals surface area contributed by atoms with Gasteiger partial charge in [-0.25, -0.2) is 0 Å². The van der Waals surface area contributed by atoms with Crippen LogP contribution in [0.3, 0.4) is 0 Å². The Bertz CT molecular complexity index is 3440. The zero-order valence-electron chi connectivity index (χ0n) is 42.0. The molecule has 0 radical (unpaired) electrons. The molecule has 0 aliphatic carbocycles. The number of carbonyl (C=O) groups excluding carboxylic acids is 1. The first kappa shape index (κ1) is 64.7. The SMILES string of the molecule is FC(F)(F)c1cc([B-](c2cc(C(F)(F)F)cc(C(F)(F)F)c2)(c2cc(C(F)(F)F)cc(C(F)(F)F)c2)c2cc(C(F)(F)F)cc(C(F)(F)F)c2)cc(C(F)(F)F)c1.[N-]=[N+]=Nc1cccc(Oc2c3ccccc3cc[n+]2CC(=O)c2ccccc2)c1. The lowest BCUT2D eigenvalue weighted by molar-refractivity contribution is -0.685. The highest BCUT2D eigenvalue weighted by atomic mass is 19.4. The minimum Gasteiger partial charge on any atom is -0.405 e. The van der Waals surface area contributed by atoms with Crippen molar-refractivity contribution in [1.29, 1.82) is 0 Å². The van der Waals surface area contributed by atoms with Crippen LogP contribution < -0.4 is 31.2 Å². The van der Waals surface area contributed by atoms with Crippen LogP contribution in [-0.4, -0.2) is 11.9 Å². The predicted octanol–water partition coefficient (Wildman–Crippen LogP) is 17.0. The predicted molar refractivity (Wildman–Crippen MR) is 260 cm³/mol. The number of alkyl halides is 24. The summed E-state index contributed by atoms with van der Waals surface area (Å²) in [6.45, 7) is 0.139. The van der Waals surface area contributed by atoms with E-state index in [4.69, 9.17) is 10.3 Å². The number of hydrogen-bond donors (Lipinski definition) is 0. The molecule has 452 valence electrons. The minimum absolute atomic E-state index is 0.0152. The molecule has 7 aromatic carbocycles. The third-order valence-corrected chi connectivity index (χ3v) is 12.9. The molecule has 8 aromatic rings. The number of carbonyl (C=O) groups is 1. The van der Waals surface area contributed by atoms with Crippen LogP contribution in [0.1, 0.15) is 54.9 Å². The van der Waals surface area contributed by atoms with Crippen LogP contribution in [-0.2, 0) is 56.0 Å². The maximum atomic E-state index is 14.2. The molecule has 0 aliphatic rings. The van der Waals surface area contributed by atoms with Gasteiger partial charge in [-0.05, 0) is 53.4 Å². The average molecular weight is 1240 g/mol. The van der Waals surface area contributed by atoms with Crippen molar-refractivity contribution in [3.63, 3.8) is 0 Å². The minimum atomic E-state index is -6.13. The van der Waals surface area contributed by atoms with E-state index in [1.807, 2.05) is 54.7 Å². The average Bonchev–Trinajstić information content (AvgIpc) is 0.770.